The lowest BCUT2D eigenvalue weighted by atomic mass is 10.3. The zero-order valence-corrected chi connectivity index (χ0v) is 17.1. The summed E-state index contributed by atoms with van der Waals surface area (Å²) in [6, 6.07) is 9.56. The van der Waals surface area contributed by atoms with Crippen LogP contribution in [0.5, 0.6) is 5.75 Å². The summed E-state index contributed by atoms with van der Waals surface area (Å²) in [6.45, 7) is 1.98. The molecule has 3 N–H and O–H groups in total. The number of primary sulfonamides is 1. The second kappa shape index (κ2) is 9.01. The number of hydrogen-bond acceptors (Lipinski definition) is 6. The number of nitrogens with two attached hydrogens (primary N) is 1. The number of nitrogens with one attached hydrogen (secondary N) is 1. The number of aromatic nitrogens is 1. The van der Waals surface area contributed by atoms with Gasteiger partial charge in [0.1, 0.15) is 12.7 Å². The van der Waals surface area contributed by atoms with Gasteiger partial charge in [0.05, 0.1) is 11.5 Å². The van der Waals surface area contributed by atoms with E-state index in [0.717, 1.165) is 0 Å². The van der Waals surface area contributed by atoms with Crippen molar-refractivity contribution in [3.63, 3.8) is 0 Å². The second-order valence-corrected chi connectivity index (χ2v) is 8.35. The van der Waals surface area contributed by atoms with E-state index < -0.39 is 10.0 Å². The molecule has 0 saturated carbocycles. The highest BCUT2D eigenvalue weighted by atomic mass is 35.5. The molecule has 1 aliphatic heterocycles. The summed E-state index contributed by atoms with van der Waals surface area (Å²) in [5.74, 6) is 0.500. The Morgan fingerprint density at radius 2 is 2.14 bits per heavy atom. The first-order valence-electron chi connectivity index (χ1n) is 8.36. The molecule has 2 heterocycles. The fourth-order valence-electron chi connectivity index (χ4n) is 2.60. The molecule has 1 unspecified atom stereocenters. The highest BCUT2D eigenvalue weighted by molar-refractivity contribution is 7.89. The normalized spacial score (nSPS) is 17.2. The molecule has 0 radical (unpaired) electrons. The molecule has 3 rings (SSSR count). The maximum absolute atomic E-state index is 11.3. The molecule has 0 bridgehead atoms. The van der Waals surface area contributed by atoms with Crippen molar-refractivity contribution in [3.8, 4) is 5.75 Å². The number of sulfonamides is 1. The number of rotatable bonds is 5. The van der Waals surface area contributed by atoms with Crippen molar-refractivity contribution in [1.82, 2.24) is 9.88 Å². The number of nitrogens with zero attached hydrogens (tertiary/aromatic N) is 2. The van der Waals surface area contributed by atoms with Gasteiger partial charge in [-0.2, -0.15) is 0 Å². The van der Waals surface area contributed by atoms with Crippen LogP contribution in [0.4, 0.5) is 5.69 Å². The van der Waals surface area contributed by atoms with Crippen molar-refractivity contribution in [3.05, 3.63) is 47.7 Å². The van der Waals surface area contributed by atoms with Crippen LogP contribution in [0.25, 0.3) is 0 Å². The molecular weight excluding hydrogens is 424 g/mol. The summed E-state index contributed by atoms with van der Waals surface area (Å²) in [4.78, 5) is 5.97. The Labute approximate surface area is 173 Å². The highest BCUT2D eigenvalue weighted by Gasteiger charge is 2.23. The Kier molecular flexibility index (Phi) is 6.68. The van der Waals surface area contributed by atoms with Gasteiger partial charge in [-0.3, -0.25) is 0 Å². The van der Waals surface area contributed by atoms with Gasteiger partial charge >= 0.3 is 0 Å². The van der Waals surface area contributed by atoms with Crippen molar-refractivity contribution < 1.29 is 17.9 Å². The Bertz CT molecular complexity index is 940. The lowest BCUT2D eigenvalue weighted by Crippen LogP contribution is -2.49. The Balaban J connectivity index is 1.54. The molecule has 150 valence electrons. The molecular formula is C17H19ClN4O4S2. The van der Waals surface area contributed by atoms with Gasteiger partial charge in [-0.05, 0) is 48.6 Å². The average molecular weight is 443 g/mol. The predicted octanol–water partition coefficient (Wildman–Crippen LogP) is 1.86. The first kappa shape index (κ1) is 20.7. The number of hydrogen-bond donors (Lipinski definition) is 2. The van der Waals surface area contributed by atoms with E-state index in [2.05, 4.69) is 10.3 Å². The number of thiocarbonyl (C=S) groups is 1. The minimum atomic E-state index is -3.72. The van der Waals surface area contributed by atoms with Crippen LogP contribution in [-0.4, -0.2) is 55.8 Å². The molecule has 11 heteroatoms. The molecule has 0 aliphatic carbocycles. The lowest BCUT2D eigenvalue weighted by Gasteiger charge is -2.34. The van der Waals surface area contributed by atoms with Crippen molar-refractivity contribution in [1.29, 1.82) is 0 Å². The van der Waals surface area contributed by atoms with E-state index in [1.807, 2.05) is 4.90 Å². The lowest BCUT2D eigenvalue weighted by molar-refractivity contribution is -0.0280. The van der Waals surface area contributed by atoms with Crippen LogP contribution in [-0.2, 0) is 14.8 Å². The summed E-state index contributed by atoms with van der Waals surface area (Å²) >= 11 is 11.4. The standard InChI is InChI=1S/C17H19ClN4O4S2/c18-16-15(2-1-7-20-16)26-11-13-10-22(8-9-25-13)17(27)21-12-3-5-14(6-4-12)28(19,23)24/h1-7,13H,8-11H2,(H,21,27)(H2,19,23,24). The number of morpholine rings is 1. The minimum absolute atomic E-state index is 0.0432. The quantitative estimate of drug-likeness (QED) is 0.533. The van der Waals surface area contributed by atoms with E-state index >= 15 is 0 Å². The minimum Gasteiger partial charge on any atom is -0.488 e. The van der Waals surface area contributed by atoms with Gasteiger partial charge in [0, 0.05) is 25.0 Å². The molecule has 0 spiro atoms. The molecule has 1 saturated heterocycles. The molecule has 28 heavy (non-hydrogen) atoms. The van der Waals surface area contributed by atoms with E-state index in [1.165, 1.54) is 12.1 Å². The van der Waals surface area contributed by atoms with E-state index in [1.54, 1.807) is 30.5 Å². The predicted molar refractivity (Wildman–Crippen MR) is 110 cm³/mol. The smallest absolute Gasteiger partial charge is 0.238 e. The first-order chi connectivity index (χ1) is 13.3. The van der Waals surface area contributed by atoms with Crippen LogP contribution in [0.1, 0.15) is 0 Å². The van der Waals surface area contributed by atoms with Crippen molar-refractivity contribution in [2.75, 3.05) is 31.6 Å². The fraction of sp³-hybridized carbons (Fsp3) is 0.294. The fourth-order valence-corrected chi connectivity index (χ4v) is 3.57. The third kappa shape index (κ3) is 5.52. The van der Waals surface area contributed by atoms with Crippen LogP contribution in [0.2, 0.25) is 5.15 Å². The van der Waals surface area contributed by atoms with E-state index in [-0.39, 0.29) is 11.0 Å². The number of benzene rings is 1. The van der Waals surface area contributed by atoms with Gasteiger partial charge in [0.15, 0.2) is 16.0 Å². The first-order valence-corrected chi connectivity index (χ1v) is 10.7. The number of ether oxygens (including phenoxy) is 2. The molecule has 1 atom stereocenters. The average Bonchev–Trinajstić information content (AvgIpc) is 2.67. The van der Waals surface area contributed by atoms with Crippen molar-refractivity contribution in [2.24, 2.45) is 5.14 Å². The summed E-state index contributed by atoms with van der Waals surface area (Å²) < 4.78 is 34.1. The van der Waals surface area contributed by atoms with Crippen LogP contribution in [0.3, 0.4) is 0 Å². The second-order valence-electron chi connectivity index (χ2n) is 6.04. The van der Waals surface area contributed by atoms with Crippen LogP contribution in [0.15, 0.2) is 47.5 Å². The maximum Gasteiger partial charge on any atom is 0.238 e. The Morgan fingerprint density at radius 3 is 2.82 bits per heavy atom. The van der Waals surface area contributed by atoms with Crippen LogP contribution < -0.4 is 15.2 Å². The van der Waals surface area contributed by atoms with Crippen LogP contribution >= 0.6 is 23.8 Å². The Hall–Kier alpha value is -1.98. The summed E-state index contributed by atoms with van der Waals surface area (Å²) in [5, 5.41) is 9.00. The third-order valence-corrected chi connectivity index (χ3v) is 5.58. The molecule has 1 aromatic carbocycles. The highest BCUT2D eigenvalue weighted by Crippen LogP contribution is 2.21. The van der Waals surface area contributed by atoms with Gasteiger partial charge in [0.25, 0.3) is 0 Å². The summed E-state index contributed by atoms with van der Waals surface area (Å²) in [7, 11) is -3.72. The molecule has 0 amide bonds. The van der Waals surface area contributed by atoms with Crippen LogP contribution in [0, 0.1) is 0 Å². The van der Waals surface area contributed by atoms with E-state index in [0.29, 0.717) is 48.0 Å². The van der Waals surface area contributed by atoms with Gasteiger partial charge in [-0.1, -0.05) is 11.6 Å². The molecule has 2 aromatic rings. The SMILES string of the molecule is NS(=O)(=O)c1ccc(NC(=S)N2CCOC(COc3cccnc3Cl)C2)cc1. The Morgan fingerprint density at radius 1 is 1.39 bits per heavy atom. The third-order valence-electron chi connectivity index (χ3n) is 4.01. The zero-order valence-electron chi connectivity index (χ0n) is 14.7. The van der Waals surface area contributed by atoms with Gasteiger partial charge in [-0.15, -0.1) is 0 Å². The molecule has 1 aromatic heterocycles. The van der Waals surface area contributed by atoms with E-state index in [9.17, 15) is 8.42 Å². The maximum atomic E-state index is 11.3. The van der Waals surface area contributed by atoms with Gasteiger partial charge in [-0.25, -0.2) is 18.5 Å². The van der Waals surface area contributed by atoms with Crippen molar-refractivity contribution in [2.45, 2.75) is 11.0 Å². The zero-order chi connectivity index (χ0) is 20.1. The number of anilines is 1. The summed E-state index contributed by atoms with van der Waals surface area (Å²) in [6.07, 6.45) is 1.41. The monoisotopic (exact) mass is 442 g/mol. The largest absolute Gasteiger partial charge is 0.488 e. The molecule has 8 nitrogen and oxygen atoms in total. The summed E-state index contributed by atoms with van der Waals surface area (Å²) in [5.41, 5.74) is 0.666. The molecule has 1 fully saturated rings. The van der Waals surface area contributed by atoms with Gasteiger partial charge in [0.2, 0.25) is 10.0 Å². The number of halogens is 1. The number of pyridine rings is 1. The van der Waals surface area contributed by atoms with Gasteiger partial charge < -0.3 is 19.7 Å². The molecule has 1 aliphatic rings. The topological polar surface area (TPSA) is 107 Å². The van der Waals surface area contributed by atoms with Crippen molar-refractivity contribution >= 4 is 44.6 Å². The van der Waals surface area contributed by atoms with E-state index in [4.69, 9.17) is 38.4 Å².